The molecular formula is C17H20FNO8S2. The van der Waals surface area contributed by atoms with E-state index >= 15 is 0 Å². The van der Waals surface area contributed by atoms with Gasteiger partial charge >= 0.3 is 6.09 Å². The number of amides is 1. The molecule has 0 atom stereocenters. The summed E-state index contributed by atoms with van der Waals surface area (Å²) >= 11 is 0. The monoisotopic (exact) mass is 449 g/mol. The molecule has 0 fully saturated rings. The molecule has 0 unspecified atom stereocenters. The summed E-state index contributed by atoms with van der Waals surface area (Å²) < 4.78 is 70.4. The van der Waals surface area contributed by atoms with Crippen LogP contribution in [0, 0.1) is 18.2 Å². The summed E-state index contributed by atoms with van der Waals surface area (Å²) in [6.07, 6.45) is 6.25. The van der Waals surface area contributed by atoms with Gasteiger partial charge in [-0.15, -0.1) is 6.42 Å². The molecule has 0 heterocycles. The van der Waals surface area contributed by atoms with Gasteiger partial charge in [-0.3, -0.25) is 9.11 Å². The lowest BCUT2D eigenvalue weighted by atomic mass is 10.0. The third-order valence-corrected chi connectivity index (χ3v) is 2.66. The third-order valence-electron chi connectivity index (χ3n) is 2.66. The van der Waals surface area contributed by atoms with Crippen LogP contribution in [0.1, 0.15) is 5.56 Å². The van der Waals surface area contributed by atoms with E-state index in [2.05, 4.69) is 5.92 Å². The van der Waals surface area contributed by atoms with Crippen LogP contribution in [0.5, 0.6) is 5.75 Å². The molecule has 0 saturated heterocycles. The van der Waals surface area contributed by atoms with Gasteiger partial charge in [-0.2, -0.15) is 16.8 Å². The van der Waals surface area contributed by atoms with Crippen LogP contribution in [-0.4, -0.2) is 63.5 Å². The van der Waals surface area contributed by atoms with E-state index in [-0.39, 0.29) is 5.56 Å². The number of hydrogen-bond donors (Lipinski definition) is 2. The second kappa shape index (κ2) is 10.7. The molecule has 29 heavy (non-hydrogen) atoms. The van der Waals surface area contributed by atoms with Gasteiger partial charge in [-0.05, 0) is 29.7 Å². The number of fused-ring (bicyclic) bond motifs is 1. The summed E-state index contributed by atoms with van der Waals surface area (Å²) in [5, 5.41) is 1.34. The summed E-state index contributed by atoms with van der Waals surface area (Å²) in [7, 11) is -4.15. The number of ether oxygens (including phenoxy) is 1. The first-order chi connectivity index (χ1) is 13.0. The Hall–Kier alpha value is -2.72. The Bertz CT molecular complexity index is 1070. The van der Waals surface area contributed by atoms with E-state index in [1.165, 1.54) is 11.0 Å². The van der Waals surface area contributed by atoms with Crippen LogP contribution in [-0.2, 0) is 20.2 Å². The van der Waals surface area contributed by atoms with E-state index in [4.69, 9.17) is 20.3 Å². The molecule has 0 aromatic heterocycles. The van der Waals surface area contributed by atoms with Crippen molar-refractivity contribution in [3.8, 4) is 18.1 Å². The maximum atomic E-state index is 13.5. The van der Waals surface area contributed by atoms with Gasteiger partial charge < -0.3 is 9.64 Å². The number of nitrogens with zero attached hydrogens (tertiary/aromatic N) is 1. The lowest BCUT2D eigenvalue weighted by Gasteiger charge is -2.11. The zero-order chi connectivity index (χ0) is 23.0. The predicted octanol–water partition coefficient (Wildman–Crippen LogP) is 2.03. The fourth-order valence-corrected chi connectivity index (χ4v) is 1.68. The maximum Gasteiger partial charge on any atom is 0.414 e. The Morgan fingerprint density at radius 1 is 1.07 bits per heavy atom. The van der Waals surface area contributed by atoms with Crippen molar-refractivity contribution in [1.82, 2.24) is 4.90 Å². The molecule has 1 amide bonds. The molecule has 0 aliphatic heterocycles. The molecule has 2 aromatic rings. The van der Waals surface area contributed by atoms with Gasteiger partial charge in [0.2, 0.25) is 0 Å². The van der Waals surface area contributed by atoms with Crippen LogP contribution in [0.4, 0.5) is 9.18 Å². The lowest BCUT2D eigenvalue weighted by Crippen LogP contribution is -2.25. The van der Waals surface area contributed by atoms with Gasteiger partial charge in [-0.1, -0.05) is 12.0 Å². The van der Waals surface area contributed by atoms with E-state index in [0.717, 1.165) is 5.39 Å². The van der Waals surface area contributed by atoms with Crippen LogP contribution in [0.3, 0.4) is 0 Å². The van der Waals surface area contributed by atoms with Gasteiger partial charge in [0.25, 0.3) is 20.2 Å². The Labute approximate surface area is 168 Å². The normalized spacial score (nSPS) is 10.6. The number of hydrogen-bond acceptors (Lipinski definition) is 6. The van der Waals surface area contributed by atoms with E-state index in [1.807, 2.05) is 0 Å². The van der Waals surface area contributed by atoms with E-state index < -0.39 is 32.1 Å². The quantitative estimate of drug-likeness (QED) is 0.498. The second-order valence-corrected chi connectivity index (χ2v) is 8.61. The summed E-state index contributed by atoms with van der Waals surface area (Å²) in [5.41, 5.74) is 0.211. The molecule has 160 valence electrons. The van der Waals surface area contributed by atoms with Crippen LogP contribution in [0.15, 0.2) is 30.3 Å². The molecule has 2 aromatic carbocycles. The lowest BCUT2D eigenvalue weighted by molar-refractivity contribution is 0.172. The minimum absolute atomic E-state index is 0.211. The van der Waals surface area contributed by atoms with Crippen molar-refractivity contribution < 1.29 is 39.9 Å². The maximum absolute atomic E-state index is 13.5. The highest BCUT2D eigenvalue weighted by atomic mass is 32.2. The van der Waals surface area contributed by atoms with E-state index in [1.54, 1.807) is 38.4 Å². The third kappa shape index (κ3) is 12.4. The first-order valence-corrected chi connectivity index (χ1v) is 11.2. The highest BCUT2D eigenvalue weighted by Crippen LogP contribution is 2.25. The van der Waals surface area contributed by atoms with Crippen molar-refractivity contribution in [3.05, 3.63) is 41.7 Å². The van der Waals surface area contributed by atoms with Crippen LogP contribution < -0.4 is 4.74 Å². The fourth-order valence-electron chi connectivity index (χ4n) is 1.68. The molecule has 0 spiro atoms. The molecule has 0 aliphatic carbocycles. The van der Waals surface area contributed by atoms with Crippen molar-refractivity contribution in [1.29, 1.82) is 0 Å². The van der Waals surface area contributed by atoms with Gasteiger partial charge in [0.1, 0.15) is 11.6 Å². The highest BCUT2D eigenvalue weighted by molar-refractivity contribution is 7.85. The first kappa shape index (κ1) is 26.3. The Kier molecular flexibility index (Phi) is 9.72. The van der Waals surface area contributed by atoms with Gasteiger partial charge in [0, 0.05) is 19.5 Å². The summed E-state index contributed by atoms with van der Waals surface area (Å²) in [4.78, 5) is 12.8. The average Bonchev–Trinajstić information content (AvgIpc) is 2.51. The number of benzene rings is 2. The van der Waals surface area contributed by atoms with Crippen LogP contribution in [0.25, 0.3) is 10.8 Å². The topological polar surface area (TPSA) is 138 Å². The molecule has 0 radical (unpaired) electrons. The molecule has 0 bridgehead atoms. The Morgan fingerprint density at radius 3 is 1.97 bits per heavy atom. The molecule has 9 nitrogen and oxygen atoms in total. The van der Waals surface area contributed by atoms with E-state index in [9.17, 15) is 26.0 Å². The predicted molar refractivity (Wildman–Crippen MR) is 106 cm³/mol. The van der Waals surface area contributed by atoms with Crippen molar-refractivity contribution in [2.24, 2.45) is 0 Å². The molecule has 12 heteroatoms. The fraction of sp³-hybridized carbons (Fsp3) is 0.235. The van der Waals surface area contributed by atoms with Crippen LogP contribution >= 0.6 is 0 Å². The summed E-state index contributed by atoms with van der Waals surface area (Å²) in [5.74, 6) is 2.28. The van der Waals surface area contributed by atoms with Crippen molar-refractivity contribution in [2.45, 2.75) is 0 Å². The van der Waals surface area contributed by atoms with Gasteiger partial charge in [0.15, 0.2) is 0 Å². The molecule has 0 saturated carbocycles. The number of halogens is 1. The van der Waals surface area contributed by atoms with Crippen molar-refractivity contribution >= 4 is 37.1 Å². The molecule has 0 aliphatic rings. The molecule has 2 N–H and O–H groups in total. The Morgan fingerprint density at radius 2 is 1.55 bits per heavy atom. The molecule has 2 rings (SSSR count). The molecular weight excluding hydrogens is 429 g/mol. The summed E-state index contributed by atoms with van der Waals surface area (Å²) in [6, 6.07) is 7.78. The summed E-state index contributed by atoms with van der Waals surface area (Å²) in [6.45, 7) is 0. The minimum atomic E-state index is -3.67. The number of carbonyl (C=O) groups excluding carboxylic acids is 1. The number of terminal acetylenes is 1. The standard InChI is InChI=1S/C15H12FNO2.2CH4O3S/c1-4-12-13-7-6-11(19-15(18)17(2)3)9-10(13)5-8-14(12)16;2*1-5(2,3)4/h1,5-9H,2-3H3;2*1H3,(H,2,3,4). The number of rotatable bonds is 1. The number of carbonyl (C=O) groups is 1. The largest absolute Gasteiger partial charge is 0.414 e. The SMILES string of the molecule is C#Cc1c(F)ccc2cc(OC(=O)N(C)C)ccc12.CS(=O)(=O)O.CS(=O)(=O)O. The zero-order valence-corrected chi connectivity index (χ0v) is 17.6. The van der Waals surface area contributed by atoms with Crippen LogP contribution in [0.2, 0.25) is 0 Å². The average molecular weight is 449 g/mol. The zero-order valence-electron chi connectivity index (χ0n) is 15.9. The smallest absolute Gasteiger partial charge is 0.410 e. The van der Waals surface area contributed by atoms with E-state index in [0.29, 0.717) is 23.6 Å². The second-order valence-electron chi connectivity index (χ2n) is 5.68. The van der Waals surface area contributed by atoms with Crippen molar-refractivity contribution in [2.75, 3.05) is 26.6 Å². The Balaban J connectivity index is 0.000000653. The van der Waals surface area contributed by atoms with Gasteiger partial charge in [-0.25, -0.2) is 9.18 Å². The first-order valence-electron chi connectivity index (χ1n) is 7.46. The van der Waals surface area contributed by atoms with Crippen molar-refractivity contribution in [3.63, 3.8) is 0 Å². The highest BCUT2D eigenvalue weighted by Gasteiger charge is 2.09. The van der Waals surface area contributed by atoms with Gasteiger partial charge in [0.05, 0.1) is 18.1 Å². The minimum Gasteiger partial charge on any atom is -0.410 e.